The zero-order valence-electron chi connectivity index (χ0n) is 12.4. The van der Waals surface area contributed by atoms with Crippen molar-refractivity contribution in [2.24, 2.45) is 0 Å². The Kier molecular flexibility index (Phi) is 5.06. The number of imidazole rings is 1. The van der Waals surface area contributed by atoms with E-state index in [9.17, 15) is 4.79 Å². The number of nitrogens with one attached hydrogen (secondary N) is 1. The van der Waals surface area contributed by atoms with Gasteiger partial charge in [-0.2, -0.15) is 0 Å². The van der Waals surface area contributed by atoms with Gasteiger partial charge in [0.2, 0.25) is 5.91 Å². The third-order valence-electron chi connectivity index (χ3n) is 3.15. The van der Waals surface area contributed by atoms with Crippen LogP contribution in [-0.2, 0) is 4.79 Å². The highest BCUT2D eigenvalue weighted by atomic mass is 32.2. The average Bonchev–Trinajstić information content (AvgIpc) is 3.11. The third kappa shape index (κ3) is 4.43. The molecule has 0 spiro atoms. The Bertz CT molecular complexity index is 759. The van der Waals surface area contributed by atoms with E-state index < -0.39 is 0 Å². The number of benzene rings is 1. The normalized spacial score (nSPS) is 10.4. The number of pyridine rings is 1. The second kappa shape index (κ2) is 7.60. The zero-order chi connectivity index (χ0) is 15.9. The van der Waals surface area contributed by atoms with E-state index in [1.54, 1.807) is 30.5 Å². The third-order valence-corrected chi connectivity index (χ3v) is 4.09. The number of thioether (sulfide) groups is 1. The molecule has 0 aliphatic rings. The Morgan fingerprint density at radius 1 is 1.17 bits per heavy atom. The number of rotatable bonds is 6. The van der Waals surface area contributed by atoms with Crippen molar-refractivity contribution >= 4 is 23.4 Å². The van der Waals surface area contributed by atoms with Gasteiger partial charge in [0.15, 0.2) is 0 Å². The lowest BCUT2D eigenvalue weighted by atomic mass is 10.2. The quantitative estimate of drug-likeness (QED) is 0.706. The largest absolute Gasteiger partial charge is 0.326 e. The molecule has 3 rings (SSSR count). The molecule has 2 heterocycles. The minimum atomic E-state index is -0.00351. The summed E-state index contributed by atoms with van der Waals surface area (Å²) in [5.74, 6) is 0.695. The number of carbonyl (C=O) groups excluding carboxylic acids is 1. The number of carbonyl (C=O) groups is 1. The molecule has 0 aliphatic carbocycles. The first kappa shape index (κ1) is 15.3. The number of hydrogen-bond donors (Lipinski definition) is 1. The minimum absolute atomic E-state index is 0.00351. The van der Waals surface area contributed by atoms with Crippen LogP contribution in [-0.4, -0.2) is 26.2 Å². The first-order chi connectivity index (χ1) is 11.3. The second-order valence-corrected chi connectivity index (χ2v) is 5.95. The van der Waals surface area contributed by atoms with Gasteiger partial charge >= 0.3 is 0 Å². The Morgan fingerprint density at radius 3 is 2.91 bits per heavy atom. The van der Waals surface area contributed by atoms with Crippen LogP contribution in [0.15, 0.2) is 72.4 Å². The summed E-state index contributed by atoms with van der Waals surface area (Å²) in [4.78, 5) is 20.3. The molecule has 0 atom stereocenters. The Hall–Kier alpha value is -2.60. The smallest absolute Gasteiger partial charge is 0.225 e. The van der Waals surface area contributed by atoms with Crippen molar-refractivity contribution in [3.05, 3.63) is 67.4 Å². The van der Waals surface area contributed by atoms with Crippen molar-refractivity contribution in [2.75, 3.05) is 11.1 Å². The first-order valence-corrected chi connectivity index (χ1v) is 8.22. The number of nitrogens with zero attached hydrogens (tertiary/aromatic N) is 3. The van der Waals surface area contributed by atoms with Crippen LogP contribution >= 0.6 is 11.8 Å². The van der Waals surface area contributed by atoms with Gasteiger partial charge in [-0.1, -0.05) is 12.1 Å². The molecule has 0 unspecified atom stereocenters. The molecule has 1 N–H and O–H groups in total. The molecule has 0 aliphatic heterocycles. The molecular formula is C17H16N4OS. The second-order valence-electron chi connectivity index (χ2n) is 4.83. The summed E-state index contributed by atoms with van der Waals surface area (Å²) in [6.07, 6.45) is 7.51. The highest BCUT2D eigenvalue weighted by molar-refractivity contribution is 7.99. The summed E-state index contributed by atoms with van der Waals surface area (Å²) >= 11 is 1.58. The maximum Gasteiger partial charge on any atom is 0.225 e. The summed E-state index contributed by atoms with van der Waals surface area (Å²) in [5.41, 5.74) is 1.74. The van der Waals surface area contributed by atoms with E-state index in [1.807, 2.05) is 53.2 Å². The molecule has 0 fully saturated rings. The molecule has 0 radical (unpaired) electrons. The molecule has 0 saturated heterocycles. The highest BCUT2D eigenvalue weighted by Crippen LogP contribution is 2.17. The Labute approximate surface area is 138 Å². The van der Waals surface area contributed by atoms with E-state index >= 15 is 0 Å². The molecule has 3 aromatic rings. The van der Waals surface area contributed by atoms with E-state index in [2.05, 4.69) is 15.3 Å². The number of anilines is 1. The molecule has 5 nitrogen and oxygen atoms in total. The summed E-state index contributed by atoms with van der Waals surface area (Å²) < 4.78 is 1.90. The molecule has 1 amide bonds. The van der Waals surface area contributed by atoms with E-state index in [1.165, 1.54) is 0 Å². The zero-order valence-corrected chi connectivity index (χ0v) is 13.2. The van der Waals surface area contributed by atoms with Crippen LogP contribution in [0, 0.1) is 0 Å². The van der Waals surface area contributed by atoms with E-state index in [0.717, 1.165) is 16.4 Å². The summed E-state index contributed by atoms with van der Waals surface area (Å²) in [5, 5.41) is 3.86. The van der Waals surface area contributed by atoms with Crippen LogP contribution in [0.2, 0.25) is 0 Å². The van der Waals surface area contributed by atoms with Gasteiger partial charge in [-0.15, -0.1) is 11.8 Å². The minimum Gasteiger partial charge on any atom is -0.326 e. The van der Waals surface area contributed by atoms with Gasteiger partial charge in [-0.05, 0) is 30.3 Å². The topological polar surface area (TPSA) is 59.8 Å². The van der Waals surface area contributed by atoms with Gasteiger partial charge in [0.25, 0.3) is 0 Å². The summed E-state index contributed by atoms with van der Waals surface area (Å²) in [7, 11) is 0. The average molecular weight is 324 g/mol. The van der Waals surface area contributed by atoms with Crippen LogP contribution in [0.5, 0.6) is 0 Å². The SMILES string of the molecule is O=C(CCSc1ccccn1)Nc1cccc(-n2ccnc2)c1. The summed E-state index contributed by atoms with van der Waals surface area (Å²) in [6, 6.07) is 13.4. The van der Waals surface area contributed by atoms with Crippen LogP contribution in [0.3, 0.4) is 0 Å². The molecule has 0 saturated carbocycles. The van der Waals surface area contributed by atoms with Gasteiger partial charge in [0.1, 0.15) is 0 Å². The lowest BCUT2D eigenvalue weighted by Crippen LogP contribution is -2.12. The highest BCUT2D eigenvalue weighted by Gasteiger charge is 2.04. The monoisotopic (exact) mass is 324 g/mol. The molecule has 116 valence electrons. The van der Waals surface area contributed by atoms with Crippen LogP contribution in [0.1, 0.15) is 6.42 Å². The van der Waals surface area contributed by atoms with Gasteiger partial charge in [0, 0.05) is 42.1 Å². The Morgan fingerprint density at radius 2 is 2.13 bits per heavy atom. The summed E-state index contributed by atoms with van der Waals surface area (Å²) in [6.45, 7) is 0. The fourth-order valence-electron chi connectivity index (χ4n) is 2.06. The van der Waals surface area contributed by atoms with Crippen molar-refractivity contribution in [1.29, 1.82) is 0 Å². The lowest BCUT2D eigenvalue weighted by molar-refractivity contribution is -0.115. The number of aromatic nitrogens is 3. The maximum absolute atomic E-state index is 12.0. The van der Waals surface area contributed by atoms with Crippen molar-refractivity contribution in [3.8, 4) is 5.69 Å². The molecule has 0 bridgehead atoms. The van der Waals surface area contributed by atoms with Crippen LogP contribution in [0.4, 0.5) is 5.69 Å². The van der Waals surface area contributed by atoms with Crippen molar-refractivity contribution in [3.63, 3.8) is 0 Å². The number of amides is 1. The van der Waals surface area contributed by atoms with Gasteiger partial charge in [0.05, 0.1) is 11.4 Å². The standard InChI is InChI=1S/C17H16N4OS/c22-16(7-11-23-17-6-1-2-8-19-17)20-14-4-3-5-15(12-14)21-10-9-18-13-21/h1-6,8-10,12-13H,7,11H2,(H,20,22). The predicted octanol–water partition coefficient (Wildman–Crippen LogP) is 3.39. The van der Waals surface area contributed by atoms with Crippen LogP contribution in [0.25, 0.3) is 5.69 Å². The van der Waals surface area contributed by atoms with Crippen molar-refractivity contribution < 1.29 is 4.79 Å². The van der Waals surface area contributed by atoms with E-state index in [0.29, 0.717) is 12.2 Å². The van der Waals surface area contributed by atoms with Gasteiger partial charge in [-0.3, -0.25) is 4.79 Å². The van der Waals surface area contributed by atoms with Gasteiger partial charge < -0.3 is 9.88 Å². The molecule has 2 aromatic heterocycles. The predicted molar refractivity (Wildman–Crippen MR) is 91.8 cm³/mol. The lowest BCUT2D eigenvalue weighted by Gasteiger charge is -2.08. The number of hydrogen-bond acceptors (Lipinski definition) is 4. The maximum atomic E-state index is 12.0. The fourth-order valence-corrected chi connectivity index (χ4v) is 2.87. The molecule has 1 aromatic carbocycles. The van der Waals surface area contributed by atoms with Gasteiger partial charge in [-0.25, -0.2) is 9.97 Å². The molecular weight excluding hydrogens is 308 g/mol. The van der Waals surface area contributed by atoms with Crippen molar-refractivity contribution in [2.45, 2.75) is 11.4 Å². The van der Waals surface area contributed by atoms with Crippen LogP contribution < -0.4 is 5.32 Å². The van der Waals surface area contributed by atoms with E-state index in [4.69, 9.17) is 0 Å². The fraction of sp³-hybridized carbons (Fsp3) is 0.118. The first-order valence-electron chi connectivity index (χ1n) is 7.23. The van der Waals surface area contributed by atoms with E-state index in [-0.39, 0.29) is 5.91 Å². The molecule has 6 heteroatoms. The molecule has 23 heavy (non-hydrogen) atoms. The van der Waals surface area contributed by atoms with Crippen molar-refractivity contribution in [1.82, 2.24) is 14.5 Å². The Balaban J connectivity index is 1.53.